The van der Waals surface area contributed by atoms with Crippen LogP contribution in [0.2, 0.25) is 0 Å². The summed E-state index contributed by atoms with van der Waals surface area (Å²) in [6, 6.07) is 15.7. The molecule has 2 atom stereocenters. The van der Waals surface area contributed by atoms with Crippen molar-refractivity contribution < 1.29 is 5.11 Å². The largest absolute Gasteiger partial charge is 0.399 e. The fourth-order valence-corrected chi connectivity index (χ4v) is 3.10. The van der Waals surface area contributed by atoms with Gasteiger partial charge in [-0.3, -0.25) is 0 Å². The third-order valence-corrected chi connectivity index (χ3v) is 4.57. The Morgan fingerprint density at radius 2 is 1.86 bits per heavy atom. The number of aliphatic hydroxyl groups excluding tert-OH is 1. The number of aliphatic hydroxyl groups is 1. The second-order valence-corrected chi connectivity index (χ2v) is 6.34. The standard InChI is InChI=1S/C17H22N2OS/c1-12-9-14(7-8-15(12)18)21-11-17(20)16(19)10-13-5-3-2-4-6-13/h2-9,16-17,20H,10-11,18-19H2,1H3. The predicted molar refractivity (Wildman–Crippen MR) is 90.4 cm³/mol. The molecule has 0 saturated carbocycles. The fourth-order valence-electron chi connectivity index (χ4n) is 2.07. The molecule has 0 aliphatic carbocycles. The normalized spacial score (nSPS) is 13.9. The smallest absolute Gasteiger partial charge is 0.0788 e. The third kappa shape index (κ3) is 4.77. The van der Waals surface area contributed by atoms with Crippen LogP contribution < -0.4 is 11.5 Å². The van der Waals surface area contributed by atoms with Gasteiger partial charge in [0, 0.05) is 22.4 Å². The van der Waals surface area contributed by atoms with Gasteiger partial charge in [0.25, 0.3) is 0 Å². The van der Waals surface area contributed by atoms with Crippen molar-refractivity contribution in [1.29, 1.82) is 0 Å². The Hall–Kier alpha value is -1.49. The highest BCUT2D eigenvalue weighted by Gasteiger charge is 2.15. The second-order valence-electron chi connectivity index (χ2n) is 5.25. The van der Waals surface area contributed by atoms with E-state index in [0.29, 0.717) is 12.2 Å². The molecule has 0 aliphatic heterocycles. The Labute approximate surface area is 130 Å². The number of nitrogens with two attached hydrogens (primary N) is 2. The van der Waals surface area contributed by atoms with Crippen molar-refractivity contribution in [3.63, 3.8) is 0 Å². The van der Waals surface area contributed by atoms with E-state index in [1.54, 1.807) is 11.8 Å². The topological polar surface area (TPSA) is 72.3 Å². The van der Waals surface area contributed by atoms with E-state index in [9.17, 15) is 5.11 Å². The van der Waals surface area contributed by atoms with Gasteiger partial charge in [-0.1, -0.05) is 30.3 Å². The average molecular weight is 302 g/mol. The number of hydrogen-bond donors (Lipinski definition) is 3. The van der Waals surface area contributed by atoms with Crippen LogP contribution in [0.15, 0.2) is 53.4 Å². The van der Waals surface area contributed by atoms with E-state index in [0.717, 1.165) is 21.7 Å². The van der Waals surface area contributed by atoms with Gasteiger partial charge in [-0.15, -0.1) is 11.8 Å². The Balaban J connectivity index is 1.86. The summed E-state index contributed by atoms with van der Waals surface area (Å²) in [5.41, 5.74) is 14.9. The molecule has 0 heterocycles. The SMILES string of the molecule is Cc1cc(SCC(O)C(N)Cc2ccccc2)ccc1N. The lowest BCUT2D eigenvalue weighted by atomic mass is 10.0. The van der Waals surface area contributed by atoms with Gasteiger partial charge < -0.3 is 16.6 Å². The van der Waals surface area contributed by atoms with Crippen molar-refractivity contribution >= 4 is 17.4 Å². The highest BCUT2D eigenvalue weighted by molar-refractivity contribution is 7.99. The molecule has 0 radical (unpaired) electrons. The molecule has 0 spiro atoms. The van der Waals surface area contributed by atoms with Gasteiger partial charge >= 0.3 is 0 Å². The van der Waals surface area contributed by atoms with E-state index in [1.165, 1.54) is 0 Å². The molecule has 3 nitrogen and oxygen atoms in total. The summed E-state index contributed by atoms with van der Waals surface area (Å²) >= 11 is 1.60. The molecule has 0 bridgehead atoms. The van der Waals surface area contributed by atoms with Crippen LogP contribution in [0.25, 0.3) is 0 Å². The number of hydrogen-bond acceptors (Lipinski definition) is 4. The number of benzene rings is 2. The van der Waals surface area contributed by atoms with Crippen molar-refractivity contribution in [2.45, 2.75) is 30.4 Å². The van der Waals surface area contributed by atoms with Gasteiger partial charge in [0.15, 0.2) is 0 Å². The van der Waals surface area contributed by atoms with Gasteiger partial charge in [-0.2, -0.15) is 0 Å². The highest BCUT2D eigenvalue weighted by Crippen LogP contribution is 2.23. The van der Waals surface area contributed by atoms with E-state index in [2.05, 4.69) is 0 Å². The van der Waals surface area contributed by atoms with Gasteiger partial charge in [0.2, 0.25) is 0 Å². The lowest BCUT2D eigenvalue weighted by Crippen LogP contribution is -2.38. The van der Waals surface area contributed by atoms with Gasteiger partial charge in [-0.25, -0.2) is 0 Å². The van der Waals surface area contributed by atoms with Crippen molar-refractivity contribution in [3.05, 3.63) is 59.7 Å². The first-order chi connectivity index (χ1) is 10.1. The molecule has 0 aromatic heterocycles. The maximum absolute atomic E-state index is 10.2. The molecule has 21 heavy (non-hydrogen) atoms. The zero-order valence-electron chi connectivity index (χ0n) is 12.2. The van der Waals surface area contributed by atoms with E-state index < -0.39 is 6.10 Å². The van der Waals surface area contributed by atoms with Crippen LogP contribution >= 0.6 is 11.8 Å². The zero-order valence-corrected chi connectivity index (χ0v) is 13.0. The summed E-state index contributed by atoms with van der Waals surface area (Å²) in [7, 11) is 0. The summed E-state index contributed by atoms with van der Waals surface area (Å²) < 4.78 is 0. The maximum Gasteiger partial charge on any atom is 0.0788 e. The molecule has 4 heteroatoms. The molecule has 5 N–H and O–H groups in total. The molecule has 2 aromatic rings. The molecule has 0 fully saturated rings. The van der Waals surface area contributed by atoms with Crippen molar-refractivity contribution in [3.8, 4) is 0 Å². The lowest BCUT2D eigenvalue weighted by molar-refractivity contribution is 0.167. The van der Waals surface area contributed by atoms with Crippen LogP contribution in [0.5, 0.6) is 0 Å². The van der Waals surface area contributed by atoms with Crippen molar-refractivity contribution in [2.24, 2.45) is 5.73 Å². The molecule has 0 amide bonds. The van der Waals surface area contributed by atoms with Crippen LogP contribution in [-0.4, -0.2) is 23.0 Å². The van der Waals surface area contributed by atoms with E-state index in [-0.39, 0.29) is 6.04 Å². The summed E-state index contributed by atoms with van der Waals surface area (Å²) in [6.07, 6.45) is 0.150. The van der Waals surface area contributed by atoms with Gasteiger partial charge in [0.1, 0.15) is 0 Å². The molecule has 2 unspecified atom stereocenters. The van der Waals surface area contributed by atoms with Gasteiger partial charge in [-0.05, 0) is 42.7 Å². The first kappa shape index (κ1) is 15.9. The van der Waals surface area contributed by atoms with Crippen LogP contribution in [-0.2, 0) is 6.42 Å². The lowest BCUT2D eigenvalue weighted by Gasteiger charge is -2.18. The predicted octanol–water partition coefficient (Wildman–Crippen LogP) is 2.60. The van der Waals surface area contributed by atoms with Crippen LogP contribution in [0.1, 0.15) is 11.1 Å². The molecule has 112 valence electrons. The Bertz CT molecular complexity index is 574. The average Bonchev–Trinajstić information content (AvgIpc) is 2.49. The summed E-state index contributed by atoms with van der Waals surface area (Å²) in [5.74, 6) is 0.581. The summed E-state index contributed by atoms with van der Waals surface area (Å²) in [4.78, 5) is 1.10. The Morgan fingerprint density at radius 1 is 1.14 bits per heavy atom. The number of aryl methyl sites for hydroxylation is 1. The molecular weight excluding hydrogens is 280 g/mol. The zero-order chi connectivity index (χ0) is 15.2. The van der Waals surface area contributed by atoms with E-state index in [4.69, 9.17) is 11.5 Å². The third-order valence-electron chi connectivity index (χ3n) is 3.47. The fraction of sp³-hybridized carbons (Fsp3) is 0.294. The summed E-state index contributed by atoms with van der Waals surface area (Å²) in [6.45, 7) is 1.98. The van der Waals surface area contributed by atoms with Gasteiger partial charge in [0.05, 0.1) is 6.10 Å². The van der Waals surface area contributed by atoms with Crippen LogP contribution in [0.3, 0.4) is 0 Å². The van der Waals surface area contributed by atoms with Crippen LogP contribution in [0, 0.1) is 6.92 Å². The van der Waals surface area contributed by atoms with E-state index >= 15 is 0 Å². The molecule has 0 saturated heterocycles. The number of thioether (sulfide) groups is 1. The maximum atomic E-state index is 10.2. The quantitative estimate of drug-likeness (QED) is 0.566. The monoisotopic (exact) mass is 302 g/mol. The minimum atomic E-state index is -0.534. The minimum Gasteiger partial charge on any atom is -0.399 e. The first-order valence-corrected chi connectivity index (χ1v) is 8.01. The summed E-state index contributed by atoms with van der Waals surface area (Å²) in [5, 5.41) is 10.2. The van der Waals surface area contributed by atoms with Crippen LogP contribution in [0.4, 0.5) is 5.69 Å². The molecule has 2 rings (SSSR count). The first-order valence-electron chi connectivity index (χ1n) is 7.03. The Kier molecular flexibility index (Phi) is 5.67. The number of rotatable bonds is 6. The molecule has 2 aromatic carbocycles. The Morgan fingerprint density at radius 3 is 2.52 bits per heavy atom. The highest BCUT2D eigenvalue weighted by atomic mass is 32.2. The molecular formula is C17H22N2OS. The second kappa shape index (κ2) is 7.50. The van der Waals surface area contributed by atoms with E-state index in [1.807, 2.05) is 55.5 Å². The van der Waals surface area contributed by atoms with Crippen molar-refractivity contribution in [1.82, 2.24) is 0 Å². The molecule has 0 aliphatic rings. The van der Waals surface area contributed by atoms with Crippen molar-refractivity contribution in [2.75, 3.05) is 11.5 Å². The minimum absolute atomic E-state index is 0.255. The number of anilines is 1. The number of nitrogen functional groups attached to an aromatic ring is 1.